The topological polar surface area (TPSA) is 108 Å². The summed E-state index contributed by atoms with van der Waals surface area (Å²) < 4.78 is 23.3. The molecule has 0 fully saturated rings. The first-order chi connectivity index (χ1) is 33.0. The third-order valence-electron chi connectivity index (χ3n) is 12.7. The second kappa shape index (κ2) is 50.2. The fraction of sp³-hybridized carbons (Fsp3) is 0.814. The van der Waals surface area contributed by atoms with E-state index < -0.39 is 26.6 Å². The summed E-state index contributed by atoms with van der Waals surface area (Å²) in [5, 5.41) is 13.8. The Morgan fingerprint density at radius 2 is 0.868 bits per heavy atom. The second-order valence-electron chi connectivity index (χ2n) is 20.6. The number of carbonyl (C=O) groups is 1. The molecule has 0 aromatic carbocycles. The molecule has 0 aliphatic carbocycles. The Balaban J connectivity index is 4.13. The Labute approximate surface area is 422 Å². The summed E-state index contributed by atoms with van der Waals surface area (Å²) in [6.45, 7) is 4.61. The van der Waals surface area contributed by atoms with Crippen molar-refractivity contribution < 1.29 is 32.9 Å². The predicted octanol–water partition coefficient (Wildman–Crippen LogP) is 16.7. The van der Waals surface area contributed by atoms with E-state index >= 15 is 0 Å². The number of phosphoric acid groups is 1. The SMILES string of the molecule is CCCCCCC/C=C/CC/C=C/CC/C=C/C(O)C(COP(=O)([O-])OCC[N+](C)(C)C)NC(=O)CCCCCCCCCCCCCCCCC/C=C\C/C=C\CCCCCCCCCCC. The van der Waals surface area contributed by atoms with Crippen molar-refractivity contribution >= 4 is 13.7 Å². The minimum absolute atomic E-state index is 0.0101. The van der Waals surface area contributed by atoms with Gasteiger partial charge in [-0.2, -0.15) is 0 Å². The number of unbranched alkanes of at least 4 members (excludes halogenated alkanes) is 31. The lowest BCUT2D eigenvalue weighted by molar-refractivity contribution is -0.870. The lowest BCUT2D eigenvalue weighted by Crippen LogP contribution is -2.45. The fourth-order valence-corrected chi connectivity index (χ4v) is 8.88. The highest BCUT2D eigenvalue weighted by Crippen LogP contribution is 2.38. The molecule has 0 aromatic rings. The quantitative estimate of drug-likeness (QED) is 0.0272. The van der Waals surface area contributed by atoms with Crippen LogP contribution in [-0.2, 0) is 18.4 Å². The molecule has 0 aromatic heterocycles. The minimum Gasteiger partial charge on any atom is -0.756 e. The molecule has 398 valence electrons. The van der Waals surface area contributed by atoms with Crippen molar-refractivity contribution in [3.63, 3.8) is 0 Å². The summed E-state index contributed by atoms with van der Waals surface area (Å²) in [7, 11) is 1.23. The van der Waals surface area contributed by atoms with Gasteiger partial charge < -0.3 is 28.8 Å². The Hall–Kier alpha value is -1.80. The maximum absolute atomic E-state index is 12.9. The van der Waals surface area contributed by atoms with Crippen LogP contribution < -0.4 is 10.2 Å². The molecule has 0 bridgehead atoms. The van der Waals surface area contributed by atoms with Gasteiger partial charge in [0.05, 0.1) is 39.9 Å². The molecule has 0 aliphatic heterocycles. The number of aliphatic hydroxyl groups is 1. The number of carbonyl (C=O) groups excluding carboxylic acids is 1. The van der Waals surface area contributed by atoms with Crippen LogP contribution in [-0.4, -0.2) is 68.5 Å². The zero-order valence-electron chi connectivity index (χ0n) is 45.3. The van der Waals surface area contributed by atoms with Crippen LogP contribution >= 0.6 is 7.82 Å². The van der Waals surface area contributed by atoms with Crippen molar-refractivity contribution in [2.45, 2.75) is 270 Å². The third-order valence-corrected chi connectivity index (χ3v) is 13.6. The first-order valence-corrected chi connectivity index (χ1v) is 30.1. The van der Waals surface area contributed by atoms with Crippen LogP contribution in [0.4, 0.5) is 0 Å². The molecule has 0 radical (unpaired) electrons. The number of likely N-dealkylation sites (N-methyl/N-ethyl adjacent to an activating group) is 1. The first kappa shape index (κ1) is 66.2. The van der Waals surface area contributed by atoms with Gasteiger partial charge in [0.1, 0.15) is 13.2 Å². The Bertz CT molecular complexity index is 1290. The molecule has 2 N–H and O–H groups in total. The van der Waals surface area contributed by atoms with Gasteiger partial charge in [0, 0.05) is 6.42 Å². The Morgan fingerprint density at radius 1 is 0.515 bits per heavy atom. The van der Waals surface area contributed by atoms with Crippen molar-refractivity contribution in [1.29, 1.82) is 0 Å². The molecule has 1 amide bonds. The maximum Gasteiger partial charge on any atom is 0.268 e. The largest absolute Gasteiger partial charge is 0.756 e. The van der Waals surface area contributed by atoms with Crippen LogP contribution in [0.1, 0.15) is 258 Å². The zero-order valence-corrected chi connectivity index (χ0v) is 46.2. The van der Waals surface area contributed by atoms with E-state index in [0.717, 1.165) is 51.4 Å². The number of phosphoric ester groups is 1. The van der Waals surface area contributed by atoms with Crippen molar-refractivity contribution in [3.05, 3.63) is 60.8 Å². The summed E-state index contributed by atoms with van der Waals surface area (Å²) in [4.78, 5) is 25.4. The van der Waals surface area contributed by atoms with Gasteiger partial charge in [0.25, 0.3) is 7.82 Å². The van der Waals surface area contributed by atoms with Crippen LogP contribution in [0.15, 0.2) is 60.8 Å². The van der Waals surface area contributed by atoms with E-state index in [1.807, 2.05) is 27.2 Å². The number of aliphatic hydroxyl groups excluding tert-OH is 1. The molecule has 9 heteroatoms. The Kier molecular flexibility index (Phi) is 48.8. The van der Waals surface area contributed by atoms with Gasteiger partial charge >= 0.3 is 0 Å². The highest BCUT2D eigenvalue weighted by atomic mass is 31.2. The van der Waals surface area contributed by atoms with Crippen LogP contribution in [0.5, 0.6) is 0 Å². The van der Waals surface area contributed by atoms with Crippen LogP contribution in [0.25, 0.3) is 0 Å². The first-order valence-electron chi connectivity index (χ1n) is 28.7. The van der Waals surface area contributed by atoms with E-state index in [1.54, 1.807) is 6.08 Å². The van der Waals surface area contributed by atoms with Gasteiger partial charge in [-0.3, -0.25) is 9.36 Å². The fourth-order valence-electron chi connectivity index (χ4n) is 8.16. The van der Waals surface area contributed by atoms with Crippen molar-refractivity contribution in [1.82, 2.24) is 5.32 Å². The summed E-state index contributed by atoms with van der Waals surface area (Å²) in [5.41, 5.74) is 0. The van der Waals surface area contributed by atoms with Crippen LogP contribution in [0.3, 0.4) is 0 Å². The van der Waals surface area contributed by atoms with Gasteiger partial charge in [0.2, 0.25) is 5.91 Å². The molecular weight excluding hydrogens is 864 g/mol. The number of allylic oxidation sites excluding steroid dienone is 9. The number of nitrogens with one attached hydrogen (secondary N) is 1. The van der Waals surface area contributed by atoms with Gasteiger partial charge in [-0.05, 0) is 77.0 Å². The second-order valence-corrected chi connectivity index (χ2v) is 22.0. The van der Waals surface area contributed by atoms with E-state index in [2.05, 4.69) is 67.8 Å². The van der Waals surface area contributed by atoms with Gasteiger partial charge in [-0.25, -0.2) is 0 Å². The molecule has 0 aliphatic rings. The number of hydrogen-bond donors (Lipinski definition) is 2. The summed E-state index contributed by atoms with van der Waals surface area (Å²) in [5.74, 6) is -0.211. The Morgan fingerprint density at radius 3 is 1.28 bits per heavy atom. The highest BCUT2D eigenvalue weighted by molar-refractivity contribution is 7.45. The number of amides is 1. The predicted molar refractivity (Wildman–Crippen MR) is 293 cm³/mol. The average Bonchev–Trinajstić information content (AvgIpc) is 3.30. The average molecular weight is 976 g/mol. The highest BCUT2D eigenvalue weighted by Gasteiger charge is 2.23. The zero-order chi connectivity index (χ0) is 49.9. The molecule has 0 saturated heterocycles. The summed E-state index contributed by atoms with van der Waals surface area (Å²) in [6, 6.07) is -0.911. The van der Waals surface area contributed by atoms with Gasteiger partial charge in [-0.15, -0.1) is 0 Å². The van der Waals surface area contributed by atoms with Gasteiger partial charge in [-0.1, -0.05) is 235 Å². The van der Waals surface area contributed by atoms with E-state index in [-0.39, 0.29) is 12.5 Å². The van der Waals surface area contributed by atoms with Crippen LogP contribution in [0.2, 0.25) is 0 Å². The number of quaternary nitrogens is 1. The third kappa shape index (κ3) is 52.0. The number of rotatable bonds is 52. The number of nitrogens with zero attached hydrogens (tertiary/aromatic N) is 1. The molecule has 8 nitrogen and oxygen atoms in total. The monoisotopic (exact) mass is 975 g/mol. The van der Waals surface area contributed by atoms with E-state index in [4.69, 9.17) is 9.05 Å². The standard InChI is InChI=1S/C59H111N2O6P/c1-6-8-10-12-14-16-18-20-22-23-24-25-26-27-28-29-30-31-32-33-34-35-36-37-39-41-43-45-47-49-51-53-59(63)60-57(56-67-68(64,65)66-55-54-61(3,4)5)58(62)52-50-48-46-44-42-40-38-21-19-17-15-13-11-9-7-2/h19,21,24-25,27-28,42,44,50,52,57-58,62H,6-18,20,22-23,26,29-41,43,45-49,51,53-56H2,1-5H3,(H-,60,63,64,65)/b21-19+,25-24-,28-27-,44-42+,52-50+. The summed E-state index contributed by atoms with van der Waals surface area (Å²) in [6.07, 6.45) is 67.4. The van der Waals surface area contributed by atoms with E-state index in [0.29, 0.717) is 17.4 Å². The molecule has 3 atom stereocenters. The van der Waals surface area contributed by atoms with Gasteiger partial charge in [0.15, 0.2) is 0 Å². The van der Waals surface area contributed by atoms with Crippen molar-refractivity contribution in [2.24, 2.45) is 0 Å². The molecular formula is C59H111N2O6P. The summed E-state index contributed by atoms with van der Waals surface area (Å²) >= 11 is 0. The van der Waals surface area contributed by atoms with E-state index in [9.17, 15) is 19.4 Å². The van der Waals surface area contributed by atoms with Crippen molar-refractivity contribution in [2.75, 3.05) is 40.9 Å². The minimum atomic E-state index is -4.61. The lowest BCUT2D eigenvalue weighted by Gasteiger charge is -2.29. The van der Waals surface area contributed by atoms with Crippen LogP contribution in [0, 0.1) is 0 Å². The van der Waals surface area contributed by atoms with Crippen molar-refractivity contribution in [3.8, 4) is 0 Å². The van der Waals surface area contributed by atoms with E-state index in [1.165, 1.54) is 186 Å². The molecule has 0 heterocycles. The number of hydrogen-bond acceptors (Lipinski definition) is 6. The smallest absolute Gasteiger partial charge is 0.268 e. The molecule has 68 heavy (non-hydrogen) atoms. The normalized spacial score (nSPS) is 14.4. The molecule has 3 unspecified atom stereocenters. The maximum atomic E-state index is 12.9. The lowest BCUT2D eigenvalue weighted by atomic mass is 10.0. The molecule has 0 saturated carbocycles. The molecule has 0 spiro atoms. The molecule has 0 rings (SSSR count).